The molecule has 0 aliphatic rings. The molecule has 7 heteroatoms. The molecule has 0 fully saturated rings. The Bertz CT molecular complexity index is 769. The van der Waals surface area contributed by atoms with Crippen LogP contribution in [0.15, 0.2) is 47.2 Å². The Morgan fingerprint density at radius 2 is 2.09 bits per heavy atom. The molecule has 0 atom stereocenters. The fourth-order valence-corrected chi connectivity index (χ4v) is 3.69. The lowest BCUT2D eigenvalue weighted by Crippen LogP contribution is -1.98. The number of hydrogen-bond acceptors (Lipinski definition) is 6. The number of Topliss-reactive ketones (excluding diaryl/α,β-unsaturated/α-hetero) is 1. The standard InChI is InChI=1S/C16H16N4OS2/c1-20-15(12-6-8-17-9-7-12)18-19-16(20)23-11-2-4-13(21)14-5-3-10-22-14/h3,5-10H,2,4,11H2,1H3. The van der Waals surface area contributed by atoms with Crippen LogP contribution in [0.3, 0.4) is 0 Å². The molecule has 23 heavy (non-hydrogen) atoms. The zero-order valence-corrected chi connectivity index (χ0v) is 14.3. The number of rotatable bonds is 7. The molecule has 0 radical (unpaired) electrons. The quantitative estimate of drug-likeness (QED) is 0.372. The fraction of sp³-hybridized carbons (Fsp3) is 0.250. The van der Waals surface area contributed by atoms with Gasteiger partial charge in [-0.1, -0.05) is 17.8 Å². The average molecular weight is 344 g/mol. The maximum Gasteiger partial charge on any atom is 0.191 e. The van der Waals surface area contributed by atoms with Gasteiger partial charge in [0.2, 0.25) is 0 Å². The number of thiophene rings is 1. The first-order chi connectivity index (χ1) is 11.3. The van der Waals surface area contributed by atoms with Gasteiger partial charge in [0.05, 0.1) is 4.88 Å². The van der Waals surface area contributed by atoms with E-state index in [1.807, 2.05) is 41.3 Å². The Morgan fingerprint density at radius 1 is 1.26 bits per heavy atom. The molecular weight excluding hydrogens is 328 g/mol. The maximum absolute atomic E-state index is 11.9. The van der Waals surface area contributed by atoms with E-state index in [1.165, 1.54) is 11.3 Å². The number of carbonyl (C=O) groups excluding carboxylic acids is 1. The second-order valence-electron chi connectivity index (χ2n) is 4.95. The molecule has 0 aromatic carbocycles. The van der Waals surface area contributed by atoms with E-state index in [0.717, 1.165) is 33.6 Å². The predicted octanol–water partition coefficient (Wildman–Crippen LogP) is 3.69. The first kappa shape index (κ1) is 15.9. The molecule has 0 bridgehead atoms. The lowest BCUT2D eigenvalue weighted by atomic mass is 10.2. The summed E-state index contributed by atoms with van der Waals surface area (Å²) in [5.41, 5.74) is 0.995. The van der Waals surface area contributed by atoms with Crippen molar-refractivity contribution >= 4 is 28.9 Å². The van der Waals surface area contributed by atoms with Crippen LogP contribution in [0.5, 0.6) is 0 Å². The summed E-state index contributed by atoms with van der Waals surface area (Å²) >= 11 is 3.13. The molecule has 3 rings (SSSR count). The van der Waals surface area contributed by atoms with Gasteiger partial charge < -0.3 is 4.57 Å². The summed E-state index contributed by atoms with van der Waals surface area (Å²) < 4.78 is 1.97. The molecule has 0 saturated heterocycles. The molecule has 3 aromatic rings. The number of aromatic nitrogens is 4. The van der Waals surface area contributed by atoms with E-state index in [0.29, 0.717) is 6.42 Å². The van der Waals surface area contributed by atoms with Crippen molar-refractivity contribution in [2.75, 3.05) is 5.75 Å². The third-order valence-electron chi connectivity index (χ3n) is 3.35. The highest BCUT2D eigenvalue weighted by Gasteiger charge is 2.11. The van der Waals surface area contributed by atoms with E-state index in [4.69, 9.17) is 0 Å². The predicted molar refractivity (Wildman–Crippen MR) is 92.8 cm³/mol. The Morgan fingerprint density at radius 3 is 2.83 bits per heavy atom. The van der Waals surface area contributed by atoms with E-state index in [2.05, 4.69) is 15.2 Å². The van der Waals surface area contributed by atoms with Gasteiger partial charge in [-0.2, -0.15) is 0 Å². The molecule has 0 aliphatic carbocycles. The third-order valence-corrected chi connectivity index (χ3v) is 5.37. The van der Waals surface area contributed by atoms with Crippen LogP contribution in [-0.4, -0.2) is 31.3 Å². The first-order valence-electron chi connectivity index (χ1n) is 7.25. The fourth-order valence-electron chi connectivity index (χ4n) is 2.15. The van der Waals surface area contributed by atoms with Gasteiger partial charge in [0.15, 0.2) is 16.8 Å². The first-order valence-corrected chi connectivity index (χ1v) is 9.11. The zero-order chi connectivity index (χ0) is 16.1. The molecule has 0 saturated carbocycles. The van der Waals surface area contributed by atoms with E-state index < -0.39 is 0 Å². The van der Waals surface area contributed by atoms with Gasteiger partial charge in [-0.15, -0.1) is 21.5 Å². The molecule has 3 heterocycles. The monoisotopic (exact) mass is 344 g/mol. The number of carbonyl (C=O) groups is 1. The summed E-state index contributed by atoms with van der Waals surface area (Å²) in [6.45, 7) is 0. The van der Waals surface area contributed by atoms with Gasteiger partial charge in [-0.3, -0.25) is 9.78 Å². The van der Waals surface area contributed by atoms with Crippen LogP contribution >= 0.6 is 23.1 Å². The maximum atomic E-state index is 11.9. The van der Waals surface area contributed by atoms with Crippen molar-refractivity contribution in [3.63, 3.8) is 0 Å². The number of thioether (sulfide) groups is 1. The summed E-state index contributed by atoms with van der Waals surface area (Å²) in [5, 5.41) is 11.3. The van der Waals surface area contributed by atoms with Gasteiger partial charge in [0.1, 0.15) is 0 Å². The number of nitrogens with zero attached hydrogens (tertiary/aromatic N) is 4. The summed E-state index contributed by atoms with van der Waals surface area (Å²) in [6, 6.07) is 7.62. The lowest BCUT2D eigenvalue weighted by molar-refractivity contribution is 0.0986. The average Bonchev–Trinajstić information content (AvgIpc) is 3.23. The minimum absolute atomic E-state index is 0.219. The number of ketones is 1. The molecule has 3 aromatic heterocycles. The highest BCUT2D eigenvalue weighted by Crippen LogP contribution is 2.23. The van der Waals surface area contributed by atoms with Gasteiger partial charge in [0, 0.05) is 37.2 Å². The highest BCUT2D eigenvalue weighted by atomic mass is 32.2. The minimum Gasteiger partial charge on any atom is -0.305 e. The van der Waals surface area contributed by atoms with Crippen LogP contribution < -0.4 is 0 Å². The van der Waals surface area contributed by atoms with Gasteiger partial charge in [0.25, 0.3) is 0 Å². The molecule has 0 spiro atoms. The topological polar surface area (TPSA) is 60.7 Å². The van der Waals surface area contributed by atoms with Crippen LogP contribution in [0.1, 0.15) is 22.5 Å². The van der Waals surface area contributed by atoms with Crippen LogP contribution in [0.2, 0.25) is 0 Å². The van der Waals surface area contributed by atoms with Crippen LogP contribution in [0.25, 0.3) is 11.4 Å². The summed E-state index contributed by atoms with van der Waals surface area (Å²) in [4.78, 5) is 16.8. The van der Waals surface area contributed by atoms with Crippen molar-refractivity contribution in [2.45, 2.75) is 18.0 Å². The largest absolute Gasteiger partial charge is 0.305 e. The molecule has 0 amide bonds. The smallest absolute Gasteiger partial charge is 0.191 e. The van der Waals surface area contributed by atoms with Crippen LogP contribution in [0, 0.1) is 0 Å². The lowest BCUT2D eigenvalue weighted by Gasteiger charge is -2.03. The third kappa shape index (κ3) is 3.86. The Labute approximate surface area is 142 Å². The minimum atomic E-state index is 0.219. The summed E-state index contributed by atoms with van der Waals surface area (Å²) in [7, 11) is 1.95. The SMILES string of the molecule is Cn1c(SCCCC(=O)c2cccs2)nnc1-c1ccncc1. The van der Waals surface area contributed by atoms with Gasteiger partial charge >= 0.3 is 0 Å². The van der Waals surface area contributed by atoms with Gasteiger partial charge in [-0.05, 0) is 30.0 Å². The zero-order valence-electron chi connectivity index (χ0n) is 12.7. The van der Waals surface area contributed by atoms with Crippen molar-refractivity contribution in [3.05, 3.63) is 46.9 Å². The molecular formula is C16H16N4OS2. The van der Waals surface area contributed by atoms with Gasteiger partial charge in [-0.25, -0.2) is 0 Å². The van der Waals surface area contributed by atoms with Crippen molar-refractivity contribution < 1.29 is 4.79 Å². The molecule has 118 valence electrons. The Hall–Kier alpha value is -1.99. The molecule has 0 unspecified atom stereocenters. The highest BCUT2D eigenvalue weighted by molar-refractivity contribution is 7.99. The summed E-state index contributed by atoms with van der Waals surface area (Å²) in [6.07, 6.45) is 4.89. The van der Waals surface area contributed by atoms with Crippen LogP contribution in [-0.2, 0) is 7.05 Å². The van der Waals surface area contributed by atoms with E-state index in [9.17, 15) is 4.79 Å². The van der Waals surface area contributed by atoms with Crippen molar-refractivity contribution in [2.24, 2.45) is 7.05 Å². The second-order valence-corrected chi connectivity index (χ2v) is 6.96. The van der Waals surface area contributed by atoms with E-state index in [1.54, 1.807) is 24.2 Å². The van der Waals surface area contributed by atoms with Crippen molar-refractivity contribution in [3.8, 4) is 11.4 Å². The Balaban J connectivity index is 1.53. The molecule has 0 aliphatic heterocycles. The second kappa shape index (κ2) is 7.52. The van der Waals surface area contributed by atoms with Crippen molar-refractivity contribution in [1.29, 1.82) is 0 Å². The van der Waals surface area contributed by atoms with E-state index >= 15 is 0 Å². The number of hydrogen-bond donors (Lipinski definition) is 0. The Kier molecular flexibility index (Phi) is 5.19. The van der Waals surface area contributed by atoms with E-state index in [-0.39, 0.29) is 5.78 Å². The number of pyridine rings is 1. The molecule has 0 N–H and O–H groups in total. The normalized spacial score (nSPS) is 10.8. The van der Waals surface area contributed by atoms with Crippen molar-refractivity contribution in [1.82, 2.24) is 19.7 Å². The molecule has 5 nitrogen and oxygen atoms in total. The summed E-state index contributed by atoms with van der Waals surface area (Å²) in [5.74, 6) is 1.89. The van der Waals surface area contributed by atoms with Crippen LogP contribution in [0.4, 0.5) is 0 Å².